The Bertz CT molecular complexity index is 527. The quantitative estimate of drug-likeness (QED) is 0.599. The molecule has 1 aromatic carbocycles. The molecule has 0 atom stereocenters. The molecule has 22 heavy (non-hydrogen) atoms. The summed E-state index contributed by atoms with van der Waals surface area (Å²) in [5.41, 5.74) is -0.0593. The third-order valence-electron chi connectivity index (χ3n) is 4.19. The molecule has 0 saturated heterocycles. The Balaban J connectivity index is 2.73. The number of nitro benzene ring substituents is 1. The van der Waals surface area contributed by atoms with E-state index in [-0.39, 0.29) is 16.9 Å². The van der Waals surface area contributed by atoms with Crippen molar-refractivity contribution >= 4 is 17.4 Å². The van der Waals surface area contributed by atoms with Gasteiger partial charge in [-0.15, -0.1) is 0 Å². The van der Waals surface area contributed by atoms with E-state index >= 15 is 0 Å². The molecule has 0 aliphatic carbocycles. The number of para-hydroxylation sites is 2. The van der Waals surface area contributed by atoms with E-state index in [1.165, 1.54) is 12.1 Å². The Hall–Kier alpha value is -2.15. The van der Waals surface area contributed by atoms with Crippen LogP contribution in [0.5, 0.6) is 0 Å². The van der Waals surface area contributed by atoms with E-state index < -0.39 is 11.0 Å². The van der Waals surface area contributed by atoms with Crippen molar-refractivity contribution in [3.8, 4) is 0 Å². The molecular formula is C15H24N4O3. The van der Waals surface area contributed by atoms with Gasteiger partial charge in [-0.2, -0.15) is 0 Å². The number of hydrogen-bond donors (Lipinski definition) is 2. The van der Waals surface area contributed by atoms with Crippen LogP contribution >= 0.6 is 0 Å². The van der Waals surface area contributed by atoms with Crippen molar-refractivity contribution in [1.29, 1.82) is 0 Å². The number of nitro groups is 1. The van der Waals surface area contributed by atoms with Gasteiger partial charge in [0.2, 0.25) is 0 Å². The zero-order chi connectivity index (χ0) is 16.8. The summed E-state index contributed by atoms with van der Waals surface area (Å²) in [5, 5.41) is 16.3. The number of amides is 2. The van der Waals surface area contributed by atoms with Crippen LogP contribution in [0.25, 0.3) is 0 Å². The van der Waals surface area contributed by atoms with Crippen molar-refractivity contribution < 1.29 is 9.72 Å². The predicted octanol–water partition coefficient (Wildman–Crippen LogP) is 2.84. The SMILES string of the molecule is CCC(CC)(CNC(=O)Nc1ccccc1[N+](=O)[O-])N(C)C. The predicted molar refractivity (Wildman–Crippen MR) is 87.1 cm³/mol. The van der Waals surface area contributed by atoms with Gasteiger partial charge in [-0.05, 0) is 33.0 Å². The van der Waals surface area contributed by atoms with E-state index in [0.717, 1.165) is 12.8 Å². The monoisotopic (exact) mass is 308 g/mol. The van der Waals surface area contributed by atoms with E-state index in [1.807, 2.05) is 14.1 Å². The number of carbonyl (C=O) groups is 1. The lowest BCUT2D eigenvalue weighted by atomic mass is 9.91. The molecule has 0 aliphatic heterocycles. The number of anilines is 1. The molecule has 1 aromatic rings. The molecule has 2 N–H and O–H groups in total. The van der Waals surface area contributed by atoms with E-state index in [4.69, 9.17) is 0 Å². The second-order valence-corrected chi connectivity index (χ2v) is 5.41. The minimum absolute atomic E-state index is 0.123. The van der Waals surface area contributed by atoms with E-state index in [9.17, 15) is 14.9 Å². The zero-order valence-electron chi connectivity index (χ0n) is 13.5. The fourth-order valence-corrected chi connectivity index (χ4v) is 2.44. The van der Waals surface area contributed by atoms with Gasteiger partial charge in [0, 0.05) is 18.2 Å². The molecule has 2 amide bonds. The Morgan fingerprint density at radius 1 is 1.27 bits per heavy atom. The minimum atomic E-state index is -0.516. The van der Waals surface area contributed by atoms with Gasteiger partial charge in [0.05, 0.1) is 4.92 Å². The Morgan fingerprint density at radius 2 is 1.86 bits per heavy atom. The van der Waals surface area contributed by atoms with Gasteiger partial charge in [-0.3, -0.25) is 10.1 Å². The van der Waals surface area contributed by atoms with Crippen LogP contribution < -0.4 is 10.6 Å². The summed E-state index contributed by atoms with van der Waals surface area (Å²) in [4.78, 5) is 24.5. The number of nitrogens with zero attached hydrogens (tertiary/aromatic N) is 2. The third-order valence-corrected chi connectivity index (χ3v) is 4.19. The van der Waals surface area contributed by atoms with Crippen molar-refractivity contribution in [2.45, 2.75) is 32.2 Å². The van der Waals surface area contributed by atoms with Gasteiger partial charge in [0.25, 0.3) is 5.69 Å². The first-order valence-corrected chi connectivity index (χ1v) is 7.32. The molecule has 0 fully saturated rings. The number of nitrogens with one attached hydrogen (secondary N) is 2. The highest BCUT2D eigenvalue weighted by molar-refractivity contribution is 5.91. The average Bonchev–Trinajstić information content (AvgIpc) is 2.48. The van der Waals surface area contributed by atoms with Gasteiger partial charge in [-0.25, -0.2) is 4.79 Å². The maximum Gasteiger partial charge on any atom is 0.319 e. The summed E-state index contributed by atoms with van der Waals surface area (Å²) >= 11 is 0. The van der Waals surface area contributed by atoms with Crippen LogP contribution in [-0.4, -0.2) is 42.0 Å². The molecule has 0 aliphatic rings. The van der Waals surface area contributed by atoms with Gasteiger partial charge < -0.3 is 15.5 Å². The standard InChI is InChI=1S/C15H24N4O3/c1-5-15(6-2,18(3)4)11-16-14(20)17-12-9-7-8-10-13(12)19(21)22/h7-10H,5-6,11H2,1-4H3,(H2,16,17,20). The van der Waals surface area contributed by atoms with Crippen molar-refractivity contribution in [3.05, 3.63) is 34.4 Å². The number of benzene rings is 1. The first-order chi connectivity index (χ1) is 10.4. The summed E-state index contributed by atoms with van der Waals surface area (Å²) in [7, 11) is 3.96. The first-order valence-electron chi connectivity index (χ1n) is 7.32. The highest BCUT2D eigenvalue weighted by Gasteiger charge is 2.29. The lowest BCUT2D eigenvalue weighted by Crippen LogP contribution is -2.52. The van der Waals surface area contributed by atoms with Crippen LogP contribution in [0, 0.1) is 10.1 Å². The molecule has 122 valence electrons. The summed E-state index contributed by atoms with van der Waals surface area (Å²) in [6, 6.07) is 5.63. The van der Waals surface area contributed by atoms with E-state index in [2.05, 4.69) is 29.4 Å². The van der Waals surface area contributed by atoms with Crippen molar-refractivity contribution in [1.82, 2.24) is 10.2 Å². The third kappa shape index (κ3) is 4.17. The van der Waals surface area contributed by atoms with Gasteiger partial charge in [0.1, 0.15) is 5.69 Å². The second-order valence-electron chi connectivity index (χ2n) is 5.41. The van der Waals surface area contributed by atoms with Gasteiger partial charge in [-0.1, -0.05) is 26.0 Å². The van der Waals surface area contributed by atoms with Crippen molar-refractivity contribution in [2.75, 3.05) is 26.0 Å². The highest BCUT2D eigenvalue weighted by Crippen LogP contribution is 2.23. The molecule has 0 saturated carbocycles. The number of carbonyl (C=O) groups excluding carboxylic acids is 1. The van der Waals surface area contributed by atoms with Crippen LogP contribution in [0.4, 0.5) is 16.2 Å². The molecular weight excluding hydrogens is 284 g/mol. The van der Waals surface area contributed by atoms with Gasteiger partial charge >= 0.3 is 6.03 Å². The molecule has 0 bridgehead atoms. The topological polar surface area (TPSA) is 87.5 Å². The van der Waals surface area contributed by atoms with Crippen molar-refractivity contribution in [2.24, 2.45) is 0 Å². The Kier molecular flexibility index (Phi) is 6.30. The molecule has 7 nitrogen and oxygen atoms in total. The summed E-state index contributed by atoms with van der Waals surface area (Å²) in [6.45, 7) is 4.62. The summed E-state index contributed by atoms with van der Waals surface area (Å²) in [6.07, 6.45) is 1.78. The minimum Gasteiger partial charge on any atom is -0.336 e. The number of rotatable bonds is 7. The van der Waals surface area contributed by atoms with Gasteiger partial charge in [0.15, 0.2) is 0 Å². The number of likely N-dealkylation sites (N-methyl/N-ethyl adjacent to an activating group) is 1. The van der Waals surface area contributed by atoms with Crippen LogP contribution in [-0.2, 0) is 0 Å². The summed E-state index contributed by atoms with van der Waals surface area (Å²) in [5.74, 6) is 0. The molecule has 0 aromatic heterocycles. The molecule has 1 rings (SSSR count). The highest BCUT2D eigenvalue weighted by atomic mass is 16.6. The molecule has 0 spiro atoms. The molecule has 7 heteroatoms. The average molecular weight is 308 g/mol. The fraction of sp³-hybridized carbons (Fsp3) is 0.533. The maximum absolute atomic E-state index is 12.0. The lowest BCUT2D eigenvalue weighted by molar-refractivity contribution is -0.383. The van der Waals surface area contributed by atoms with Crippen LogP contribution in [0.3, 0.4) is 0 Å². The molecule has 0 heterocycles. The van der Waals surface area contributed by atoms with Crippen molar-refractivity contribution in [3.63, 3.8) is 0 Å². The maximum atomic E-state index is 12.0. The van der Waals surface area contributed by atoms with Crippen LogP contribution in [0.1, 0.15) is 26.7 Å². The fourth-order valence-electron chi connectivity index (χ4n) is 2.44. The summed E-state index contributed by atoms with van der Waals surface area (Å²) < 4.78 is 0. The first kappa shape index (κ1) is 17.9. The normalized spacial score (nSPS) is 11.3. The second kappa shape index (κ2) is 7.74. The van der Waals surface area contributed by atoms with Crippen LogP contribution in [0.2, 0.25) is 0 Å². The smallest absolute Gasteiger partial charge is 0.319 e. The van der Waals surface area contributed by atoms with Crippen LogP contribution in [0.15, 0.2) is 24.3 Å². The number of hydrogen-bond acceptors (Lipinski definition) is 4. The molecule has 0 unspecified atom stereocenters. The Labute approximate surface area is 130 Å². The number of urea groups is 1. The lowest BCUT2D eigenvalue weighted by Gasteiger charge is -2.38. The zero-order valence-corrected chi connectivity index (χ0v) is 13.5. The largest absolute Gasteiger partial charge is 0.336 e. The molecule has 0 radical (unpaired) electrons. The Morgan fingerprint density at radius 3 is 2.36 bits per heavy atom. The van der Waals surface area contributed by atoms with E-state index in [0.29, 0.717) is 6.54 Å². The van der Waals surface area contributed by atoms with E-state index in [1.54, 1.807) is 12.1 Å².